The Labute approximate surface area is 120 Å². The second kappa shape index (κ2) is 5.51. The molecule has 1 aliphatic carbocycles. The van der Waals surface area contributed by atoms with Gasteiger partial charge in [-0.05, 0) is 49.8 Å². The molecule has 3 nitrogen and oxygen atoms in total. The number of carboxylic acids is 1. The van der Waals surface area contributed by atoms with E-state index in [-0.39, 0.29) is 12.4 Å². The Morgan fingerprint density at radius 1 is 1.37 bits per heavy atom. The van der Waals surface area contributed by atoms with E-state index >= 15 is 0 Å². The molecule has 2 aliphatic rings. The van der Waals surface area contributed by atoms with E-state index in [0.29, 0.717) is 17.5 Å². The predicted molar refractivity (Wildman–Crippen MR) is 77.0 cm³/mol. The van der Waals surface area contributed by atoms with Crippen LogP contribution in [-0.4, -0.2) is 35.6 Å². The molecule has 2 bridgehead atoms. The molecule has 1 saturated heterocycles. The van der Waals surface area contributed by atoms with E-state index in [9.17, 15) is 9.90 Å². The largest absolute Gasteiger partial charge is 0.478 e. The van der Waals surface area contributed by atoms with Crippen LogP contribution in [0.5, 0.6) is 0 Å². The van der Waals surface area contributed by atoms with Crippen molar-refractivity contribution in [2.45, 2.75) is 25.3 Å². The van der Waals surface area contributed by atoms with Crippen LogP contribution in [0, 0.1) is 11.8 Å². The van der Waals surface area contributed by atoms with Crippen molar-refractivity contribution in [1.82, 2.24) is 4.90 Å². The van der Waals surface area contributed by atoms with E-state index in [4.69, 9.17) is 0 Å². The summed E-state index contributed by atoms with van der Waals surface area (Å²) in [7, 11) is 2.19. The molecule has 1 N–H and O–H groups in total. The second-order valence-electron chi connectivity index (χ2n) is 5.67. The summed E-state index contributed by atoms with van der Waals surface area (Å²) in [6, 6.07) is 8.11. The fourth-order valence-corrected chi connectivity index (χ4v) is 3.87. The zero-order valence-corrected chi connectivity index (χ0v) is 11.9. The molecule has 1 heterocycles. The lowest BCUT2D eigenvalue weighted by Gasteiger charge is -2.22. The number of carbonyl (C=O) groups is 1. The highest BCUT2D eigenvalue weighted by Crippen LogP contribution is 2.43. The summed E-state index contributed by atoms with van der Waals surface area (Å²) in [5.74, 6) is 0.613. The molecular formula is C15H20ClNO2. The third-order valence-corrected chi connectivity index (χ3v) is 4.72. The molecule has 3 rings (SSSR count). The number of hydrogen-bond donors (Lipinski definition) is 1. The second-order valence-corrected chi connectivity index (χ2v) is 5.67. The molecule has 0 aromatic heterocycles. The van der Waals surface area contributed by atoms with Gasteiger partial charge in [-0.2, -0.15) is 0 Å². The van der Waals surface area contributed by atoms with Crippen LogP contribution in [0.3, 0.4) is 0 Å². The van der Waals surface area contributed by atoms with E-state index in [1.54, 1.807) is 6.07 Å². The van der Waals surface area contributed by atoms with E-state index in [0.717, 1.165) is 17.9 Å². The third-order valence-electron chi connectivity index (χ3n) is 4.72. The van der Waals surface area contributed by atoms with E-state index in [2.05, 4.69) is 11.9 Å². The van der Waals surface area contributed by atoms with Crippen LogP contribution < -0.4 is 0 Å². The molecule has 2 fully saturated rings. The monoisotopic (exact) mass is 281 g/mol. The van der Waals surface area contributed by atoms with E-state index in [1.807, 2.05) is 18.2 Å². The quantitative estimate of drug-likeness (QED) is 0.926. The zero-order chi connectivity index (χ0) is 12.7. The van der Waals surface area contributed by atoms with Crippen LogP contribution >= 0.6 is 12.4 Å². The third kappa shape index (κ3) is 2.49. The van der Waals surface area contributed by atoms with Crippen LogP contribution in [0.2, 0.25) is 0 Å². The minimum Gasteiger partial charge on any atom is -0.478 e. The summed E-state index contributed by atoms with van der Waals surface area (Å²) in [5.41, 5.74) is 1.48. The van der Waals surface area contributed by atoms with Gasteiger partial charge in [0.1, 0.15) is 0 Å². The zero-order valence-electron chi connectivity index (χ0n) is 11.1. The average Bonchev–Trinajstić information content (AvgIpc) is 2.85. The lowest BCUT2D eigenvalue weighted by atomic mass is 9.89. The Kier molecular flexibility index (Phi) is 4.16. The molecule has 1 aromatic rings. The molecule has 1 aliphatic heterocycles. The molecule has 3 atom stereocenters. The van der Waals surface area contributed by atoms with Gasteiger partial charge in [0.2, 0.25) is 0 Å². The van der Waals surface area contributed by atoms with Crippen LogP contribution in [0.25, 0.3) is 0 Å². The van der Waals surface area contributed by atoms with Crippen LogP contribution in [-0.2, 0) is 6.42 Å². The summed E-state index contributed by atoms with van der Waals surface area (Å²) in [4.78, 5) is 13.7. The molecule has 0 radical (unpaired) electrons. The summed E-state index contributed by atoms with van der Waals surface area (Å²) in [6.45, 7) is 1.19. The number of likely N-dealkylation sites (tertiary alicyclic amines) is 1. The number of hydrogen-bond acceptors (Lipinski definition) is 2. The normalized spacial score (nSPS) is 29.2. The van der Waals surface area contributed by atoms with Crippen molar-refractivity contribution in [3.63, 3.8) is 0 Å². The van der Waals surface area contributed by atoms with Gasteiger partial charge in [0.05, 0.1) is 5.56 Å². The SMILES string of the molecule is CN1CC2CCC1C2Cc1ccccc1C(=O)O.Cl. The number of benzene rings is 1. The molecule has 104 valence electrons. The van der Waals surface area contributed by atoms with Crippen LogP contribution in [0.15, 0.2) is 24.3 Å². The van der Waals surface area contributed by atoms with Gasteiger partial charge in [-0.3, -0.25) is 0 Å². The first-order chi connectivity index (χ1) is 8.66. The van der Waals surface area contributed by atoms with Gasteiger partial charge < -0.3 is 10.0 Å². The summed E-state index contributed by atoms with van der Waals surface area (Å²) >= 11 is 0. The van der Waals surface area contributed by atoms with Crippen molar-refractivity contribution < 1.29 is 9.90 Å². The molecule has 4 heteroatoms. The van der Waals surface area contributed by atoms with Crippen LogP contribution in [0.1, 0.15) is 28.8 Å². The first-order valence-electron chi connectivity index (χ1n) is 6.68. The fraction of sp³-hybridized carbons (Fsp3) is 0.533. The lowest BCUT2D eigenvalue weighted by Crippen LogP contribution is -2.29. The van der Waals surface area contributed by atoms with Gasteiger partial charge in [0.25, 0.3) is 0 Å². The smallest absolute Gasteiger partial charge is 0.335 e. The Morgan fingerprint density at radius 2 is 2.11 bits per heavy atom. The van der Waals surface area contributed by atoms with Gasteiger partial charge in [-0.25, -0.2) is 4.79 Å². The topological polar surface area (TPSA) is 40.5 Å². The summed E-state index contributed by atoms with van der Waals surface area (Å²) in [5, 5.41) is 9.23. The first kappa shape index (κ1) is 14.4. The van der Waals surface area contributed by atoms with Gasteiger partial charge in [-0.1, -0.05) is 18.2 Å². The Bertz CT molecular complexity index is 477. The molecule has 19 heavy (non-hydrogen) atoms. The highest BCUT2D eigenvalue weighted by Gasteiger charge is 2.44. The van der Waals surface area contributed by atoms with Crippen LogP contribution in [0.4, 0.5) is 0 Å². The van der Waals surface area contributed by atoms with Crippen molar-refractivity contribution in [2.75, 3.05) is 13.6 Å². The van der Waals surface area contributed by atoms with Gasteiger partial charge in [-0.15, -0.1) is 12.4 Å². The van der Waals surface area contributed by atoms with Crippen molar-refractivity contribution in [3.8, 4) is 0 Å². The van der Waals surface area contributed by atoms with Crippen molar-refractivity contribution >= 4 is 18.4 Å². The lowest BCUT2D eigenvalue weighted by molar-refractivity contribution is 0.0695. The maximum absolute atomic E-state index is 11.2. The summed E-state index contributed by atoms with van der Waals surface area (Å²) in [6.07, 6.45) is 3.51. The Balaban J connectivity index is 0.00000133. The predicted octanol–water partition coefficient (Wildman–Crippen LogP) is 2.69. The number of fused-ring (bicyclic) bond motifs is 2. The minimum atomic E-state index is -0.802. The molecule has 0 amide bonds. The van der Waals surface area contributed by atoms with Gasteiger partial charge in [0, 0.05) is 12.6 Å². The molecule has 1 aromatic carbocycles. The molecule has 0 spiro atoms. The maximum atomic E-state index is 11.2. The van der Waals surface area contributed by atoms with E-state index < -0.39 is 5.97 Å². The number of nitrogens with zero attached hydrogens (tertiary/aromatic N) is 1. The van der Waals surface area contributed by atoms with Crippen molar-refractivity contribution in [2.24, 2.45) is 11.8 Å². The standard InChI is InChI=1S/C15H19NO2.ClH/c1-16-9-11-6-7-14(16)13(11)8-10-4-2-3-5-12(10)15(17)18;/h2-5,11,13-14H,6-9H2,1H3,(H,17,18);1H. The molecule has 3 unspecified atom stereocenters. The molecular weight excluding hydrogens is 262 g/mol. The average molecular weight is 282 g/mol. The number of piperidine rings is 1. The van der Waals surface area contributed by atoms with Gasteiger partial charge in [0.15, 0.2) is 0 Å². The molecule has 1 saturated carbocycles. The number of carboxylic acid groups (broad SMARTS) is 1. The van der Waals surface area contributed by atoms with E-state index in [1.165, 1.54) is 19.4 Å². The maximum Gasteiger partial charge on any atom is 0.335 e. The Morgan fingerprint density at radius 3 is 2.68 bits per heavy atom. The highest BCUT2D eigenvalue weighted by molar-refractivity contribution is 5.89. The van der Waals surface area contributed by atoms with Crippen molar-refractivity contribution in [1.29, 1.82) is 0 Å². The van der Waals surface area contributed by atoms with Crippen molar-refractivity contribution in [3.05, 3.63) is 35.4 Å². The number of rotatable bonds is 3. The Hall–Kier alpha value is -1.06. The first-order valence-corrected chi connectivity index (χ1v) is 6.68. The minimum absolute atomic E-state index is 0. The summed E-state index contributed by atoms with van der Waals surface area (Å²) < 4.78 is 0. The number of aromatic carboxylic acids is 1. The van der Waals surface area contributed by atoms with Gasteiger partial charge >= 0.3 is 5.97 Å². The fourth-order valence-electron chi connectivity index (χ4n) is 3.87. The highest BCUT2D eigenvalue weighted by atomic mass is 35.5. The number of halogens is 1.